The van der Waals surface area contributed by atoms with Crippen LogP contribution in [-0.2, 0) is 9.59 Å². The maximum absolute atomic E-state index is 11.7. The number of amides is 2. The first-order valence-electron chi connectivity index (χ1n) is 5.00. The van der Waals surface area contributed by atoms with Gasteiger partial charge in [-0.2, -0.15) is 0 Å². The molecule has 1 atom stereocenters. The molecule has 84 valence electrons. The summed E-state index contributed by atoms with van der Waals surface area (Å²) in [5, 5.41) is 1.80. The number of imide groups is 1. The Labute approximate surface area is 96.9 Å². The molecule has 5 heteroatoms. The highest BCUT2D eigenvalue weighted by Crippen LogP contribution is 2.19. The van der Waals surface area contributed by atoms with Crippen LogP contribution < -0.4 is 0 Å². The second-order valence-electron chi connectivity index (χ2n) is 3.82. The predicted molar refractivity (Wildman–Crippen MR) is 59.2 cm³/mol. The van der Waals surface area contributed by atoms with Gasteiger partial charge in [0.25, 0.3) is 0 Å². The van der Waals surface area contributed by atoms with E-state index in [0.717, 1.165) is 4.90 Å². The Hall–Kier alpha value is -1.49. The number of carbonyl (C=O) groups excluding carboxylic acids is 3. The highest BCUT2D eigenvalue weighted by atomic mass is 32.1. The third-order valence-electron chi connectivity index (χ3n) is 2.57. The van der Waals surface area contributed by atoms with Crippen LogP contribution in [0.2, 0.25) is 0 Å². The number of ketones is 1. The summed E-state index contributed by atoms with van der Waals surface area (Å²) in [7, 11) is 0. The number of Topliss-reactive ketones (excluding diaryl/α,β-unsaturated/α-hetero) is 1. The lowest BCUT2D eigenvalue weighted by molar-refractivity contribution is -0.138. The van der Waals surface area contributed by atoms with Gasteiger partial charge in [0.1, 0.15) is 0 Å². The average molecular weight is 237 g/mol. The van der Waals surface area contributed by atoms with Gasteiger partial charge in [0, 0.05) is 12.3 Å². The molecule has 1 unspecified atom stereocenters. The molecule has 0 bridgehead atoms. The van der Waals surface area contributed by atoms with Gasteiger partial charge >= 0.3 is 0 Å². The number of carbonyl (C=O) groups is 3. The molecule has 4 nitrogen and oxygen atoms in total. The summed E-state index contributed by atoms with van der Waals surface area (Å²) in [4.78, 5) is 36.4. The van der Waals surface area contributed by atoms with Crippen molar-refractivity contribution >= 4 is 28.9 Å². The summed E-state index contributed by atoms with van der Waals surface area (Å²) in [6.07, 6.45) is 0.219. The molecule has 2 rings (SSSR count). The molecule has 2 heterocycles. The summed E-state index contributed by atoms with van der Waals surface area (Å²) < 4.78 is 0. The molecule has 16 heavy (non-hydrogen) atoms. The number of likely N-dealkylation sites (tertiary alicyclic amines) is 1. The van der Waals surface area contributed by atoms with E-state index in [1.807, 2.05) is 0 Å². The predicted octanol–water partition coefficient (Wildman–Crippen LogP) is 1.33. The summed E-state index contributed by atoms with van der Waals surface area (Å²) in [6.45, 7) is 1.58. The first-order valence-corrected chi connectivity index (χ1v) is 5.88. The SMILES string of the molecule is CC1CC(=O)N(CC(=O)c2cccs2)C1=O. The fraction of sp³-hybridized carbons (Fsp3) is 0.364. The second-order valence-corrected chi connectivity index (χ2v) is 4.77. The highest BCUT2D eigenvalue weighted by molar-refractivity contribution is 7.12. The minimum Gasteiger partial charge on any atom is -0.291 e. The van der Waals surface area contributed by atoms with Gasteiger partial charge in [0.2, 0.25) is 11.8 Å². The Morgan fingerprint density at radius 1 is 1.56 bits per heavy atom. The van der Waals surface area contributed by atoms with E-state index < -0.39 is 0 Å². The molecular formula is C11H11NO3S. The standard InChI is InChI=1S/C11H11NO3S/c1-7-5-10(14)12(11(7)15)6-8(13)9-3-2-4-16-9/h2-4,7H,5-6H2,1H3. The van der Waals surface area contributed by atoms with Crippen molar-refractivity contribution in [3.05, 3.63) is 22.4 Å². The van der Waals surface area contributed by atoms with Crippen LogP contribution in [0.1, 0.15) is 23.0 Å². The fourth-order valence-corrected chi connectivity index (χ4v) is 2.33. The molecule has 1 aliphatic heterocycles. The van der Waals surface area contributed by atoms with E-state index in [1.165, 1.54) is 11.3 Å². The van der Waals surface area contributed by atoms with E-state index in [2.05, 4.69) is 0 Å². The van der Waals surface area contributed by atoms with E-state index in [4.69, 9.17) is 0 Å². The number of nitrogens with zero attached hydrogens (tertiary/aromatic N) is 1. The van der Waals surface area contributed by atoms with Gasteiger partial charge in [-0.05, 0) is 11.4 Å². The smallest absolute Gasteiger partial charge is 0.232 e. The first kappa shape index (κ1) is 11.0. The van der Waals surface area contributed by atoms with Gasteiger partial charge in [0.05, 0.1) is 11.4 Å². The summed E-state index contributed by atoms with van der Waals surface area (Å²) >= 11 is 1.32. The zero-order chi connectivity index (χ0) is 11.7. The molecular weight excluding hydrogens is 226 g/mol. The molecule has 0 spiro atoms. The Morgan fingerprint density at radius 3 is 2.81 bits per heavy atom. The third kappa shape index (κ3) is 1.90. The van der Waals surface area contributed by atoms with Crippen molar-refractivity contribution in [2.75, 3.05) is 6.54 Å². The quantitative estimate of drug-likeness (QED) is 0.588. The highest BCUT2D eigenvalue weighted by Gasteiger charge is 2.36. The van der Waals surface area contributed by atoms with Crippen LogP contribution in [0.15, 0.2) is 17.5 Å². The second kappa shape index (κ2) is 4.17. The maximum atomic E-state index is 11.7. The number of hydrogen-bond acceptors (Lipinski definition) is 4. The lowest BCUT2D eigenvalue weighted by Crippen LogP contribution is -2.35. The molecule has 1 fully saturated rings. The molecule has 1 saturated heterocycles. The molecule has 1 aromatic heterocycles. The molecule has 0 saturated carbocycles. The van der Waals surface area contributed by atoms with Crippen molar-refractivity contribution in [3.8, 4) is 0 Å². The van der Waals surface area contributed by atoms with Gasteiger partial charge in [-0.3, -0.25) is 19.3 Å². The van der Waals surface area contributed by atoms with E-state index in [9.17, 15) is 14.4 Å². The molecule has 1 aliphatic rings. The molecule has 0 radical (unpaired) electrons. The summed E-state index contributed by atoms with van der Waals surface area (Å²) in [5.74, 6) is -0.952. The monoisotopic (exact) mass is 237 g/mol. The van der Waals surface area contributed by atoms with Crippen LogP contribution in [0, 0.1) is 5.92 Å². The van der Waals surface area contributed by atoms with Crippen molar-refractivity contribution in [2.45, 2.75) is 13.3 Å². The minimum atomic E-state index is -0.288. The van der Waals surface area contributed by atoms with E-state index in [1.54, 1.807) is 24.4 Å². The fourth-order valence-electron chi connectivity index (χ4n) is 1.67. The summed E-state index contributed by atoms with van der Waals surface area (Å²) in [5.41, 5.74) is 0. The van der Waals surface area contributed by atoms with Crippen molar-refractivity contribution in [3.63, 3.8) is 0 Å². The van der Waals surface area contributed by atoms with Gasteiger partial charge in [-0.25, -0.2) is 0 Å². The van der Waals surface area contributed by atoms with E-state index >= 15 is 0 Å². The normalized spacial score (nSPS) is 20.6. The lowest BCUT2D eigenvalue weighted by atomic mass is 10.1. The zero-order valence-electron chi connectivity index (χ0n) is 8.80. The lowest BCUT2D eigenvalue weighted by Gasteiger charge is -2.12. The molecule has 0 N–H and O–H groups in total. The van der Waals surface area contributed by atoms with E-state index in [-0.39, 0.29) is 36.5 Å². The van der Waals surface area contributed by atoms with Crippen molar-refractivity contribution in [2.24, 2.45) is 5.92 Å². The minimum absolute atomic E-state index is 0.123. The Kier molecular flexibility index (Phi) is 2.87. The average Bonchev–Trinajstić information content (AvgIpc) is 2.83. The molecule has 1 aromatic rings. The summed E-state index contributed by atoms with van der Waals surface area (Å²) in [6, 6.07) is 3.47. The Balaban J connectivity index is 2.08. The van der Waals surface area contributed by atoms with Crippen molar-refractivity contribution in [1.29, 1.82) is 0 Å². The van der Waals surface area contributed by atoms with Gasteiger partial charge in [-0.1, -0.05) is 13.0 Å². The molecule has 2 amide bonds. The van der Waals surface area contributed by atoms with Gasteiger partial charge in [0.15, 0.2) is 5.78 Å². The van der Waals surface area contributed by atoms with Crippen molar-refractivity contribution < 1.29 is 14.4 Å². The number of rotatable bonds is 3. The maximum Gasteiger partial charge on any atom is 0.232 e. The van der Waals surface area contributed by atoms with Gasteiger partial charge < -0.3 is 0 Å². The number of thiophene rings is 1. The van der Waals surface area contributed by atoms with Crippen LogP contribution in [0.3, 0.4) is 0 Å². The zero-order valence-corrected chi connectivity index (χ0v) is 9.62. The van der Waals surface area contributed by atoms with Crippen molar-refractivity contribution in [1.82, 2.24) is 4.90 Å². The van der Waals surface area contributed by atoms with Crippen LogP contribution in [-0.4, -0.2) is 29.0 Å². The van der Waals surface area contributed by atoms with Crippen LogP contribution >= 0.6 is 11.3 Å². The Morgan fingerprint density at radius 2 is 2.31 bits per heavy atom. The molecule has 0 aromatic carbocycles. The number of hydrogen-bond donors (Lipinski definition) is 0. The van der Waals surface area contributed by atoms with E-state index in [0.29, 0.717) is 4.88 Å². The largest absolute Gasteiger partial charge is 0.291 e. The van der Waals surface area contributed by atoms with Crippen LogP contribution in [0.5, 0.6) is 0 Å². The Bertz CT molecular complexity index is 438. The van der Waals surface area contributed by atoms with Crippen LogP contribution in [0.4, 0.5) is 0 Å². The van der Waals surface area contributed by atoms with Gasteiger partial charge in [-0.15, -0.1) is 11.3 Å². The molecule has 0 aliphatic carbocycles. The first-order chi connectivity index (χ1) is 7.59. The topological polar surface area (TPSA) is 54.5 Å². The third-order valence-corrected chi connectivity index (χ3v) is 3.48. The van der Waals surface area contributed by atoms with Crippen LogP contribution in [0.25, 0.3) is 0 Å².